The van der Waals surface area contributed by atoms with Crippen LogP contribution in [-0.2, 0) is 11.8 Å². The molecule has 8 nitrogen and oxygen atoms in total. The van der Waals surface area contributed by atoms with Crippen LogP contribution in [0.5, 0.6) is 0 Å². The van der Waals surface area contributed by atoms with Gasteiger partial charge < -0.3 is 15.3 Å². The van der Waals surface area contributed by atoms with Crippen molar-refractivity contribution in [1.82, 2.24) is 20.1 Å². The van der Waals surface area contributed by atoms with Crippen molar-refractivity contribution >= 4 is 11.6 Å². The molecule has 0 atom stereocenters. The summed E-state index contributed by atoms with van der Waals surface area (Å²) in [5.74, 6) is 8.69. The highest BCUT2D eigenvalue weighted by Crippen LogP contribution is 2.21. The standard InChI is InChI=1S/C13H21N7O/c1-8-16-11(21-20-8)5-6-15-9-7-10(19-14)18-12(17-9)13(2,3)4/h7H,5-6,14H2,1-4H3,(H2,15,17,18,19). The third kappa shape index (κ3) is 4.12. The van der Waals surface area contributed by atoms with E-state index in [4.69, 9.17) is 10.4 Å². The van der Waals surface area contributed by atoms with Gasteiger partial charge in [-0.3, -0.25) is 0 Å². The summed E-state index contributed by atoms with van der Waals surface area (Å²) in [5, 5.41) is 6.97. The quantitative estimate of drug-likeness (QED) is 0.559. The number of rotatable bonds is 5. The number of hydrogen-bond donors (Lipinski definition) is 3. The van der Waals surface area contributed by atoms with Gasteiger partial charge in [-0.05, 0) is 6.92 Å². The van der Waals surface area contributed by atoms with Crippen molar-refractivity contribution < 1.29 is 4.52 Å². The second kappa shape index (κ2) is 6.04. The van der Waals surface area contributed by atoms with Gasteiger partial charge in [-0.2, -0.15) is 4.98 Å². The first-order valence-corrected chi connectivity index (χ1v) is 6.78. The van der Waals surface area contributed by atoms with Gasteiger partial charge in [-0.25, -0.2) is 15.8 Å². The van der Waals surface area contributed by atoms with E-state index < -0.39 is 0 Å². The van der Waals surface area contributed by atoms with E-state index in [1.165, 1.54) is 0 Å². The molecule has 4 N–H and O–H groups in total. The first-order valence-electron chi connectivity index (χ1n) is 6.78. The average Bonchev–Trinajstić information content (AvgIpc) is 2.83. The van der Waals surface area contributed by atoms with Gasteiger partial charge in [-0.15, -0.1) is 0 Å². The van der Waals surface area contributed by atoms with E-state index in [0.717, 1.165) is 0 Å². The Balaban J connectivity index is 2.05. The number of nitrogens with zero attached hydrogens (tertiary/aromatic N) is 4. The van der Waals surface area contributed by atoms with Crippen LogP contribution in [0.15, 0.2) is 10.6 Å². The average molecular weight is 291 g/mol. The lowest BCUT2D eigenvalue weighted by molar-refractivity contribution is 0.377. The number of nitrogens with one attached hydrogen (secondary N) is 2. The first-order chi connectivity index (χ1) is 9.88. The number of aromatic nitrogens is 4. The minimum atomic E-state index is -0.160. The SMILES string of the molecule is Cc1noc(CCNc2cc(NN)nc(C(C)(C)C)n2)n1. The molecule has 0 aliphatic heterocycles. The fraction of sp³-hybridized carbons (Fsp3) is 0.538. The number of hydrogen-bond acceptors (Lipinski definition) is 8. The second-order valence-corrected chi connectivity index (χ2v) is 5.77. The molecule has 2 aromatic rings. The maximum Gasteiger partial charge on any atom is 0.228 e. The molecule has 0 spiro atoms. The summed E-state index contributed by atoms with van der Waals surface area (Å²) in [6.07, 6.45) is 0.626. The Bertz CT molecular complexity index is 603. The zero-order chi connectivity index (χ0) is 15.5. The van der Waals surface area contributed by atoms with Gasteiger partial charge in [-0.1, -0.05) is 25.9 Å². The van der Waals surface area contributed by atoms with Gasteiger partial charge in [0.15, 0.2) is 5.82 Å². The molecule has 21 heavy (non-hydrogen) atoms. The van der Waals surface area contributed by atoms with Crippen LogP contribution in [0.1, 0.15) is 38.3 Å². The summed E-state index contributed by atoms with van der Waals surface area (Å²) in [6.45, 7) is 8.57. The van der Waals surface area contributed by atoms with Crippen LogP contribution in [0.3, 0.4) is 0 Å². The van der Waals surface area contributed by atoms with Gasteiger partial charge in [0.05, 0.1) is 0 Å². The molecule has 8 heteroatoms. The van der Waals surface area contributed by atoms with E-state index in [-0.39, 0.29) is 5.41 Å². The van der Waals surface area contributed by atoms with Gasteiger partial charge in [0.1, 0.15) is 17.5 Å². The van der Waals surface area contributed by atoms with Crippen LogP contribution in [0.4, 0.5) is 11.6 Å². The molecule has 0 saturated heterocycles. The van der Waals surface area contributed by atoms with Gasteiger partial charge >= 0.3 is 0 Å². The van der Waals surface area contributed by atoms with E-state index in [1.54, 1.807) is 13.0 Å². The molecule has 0 aromatic carbocycles. The highest BCUT2D eigenvalue weighted by molar-refractivity contribution is 5.47. The molecule has 0 unspecified atom stereocenters. The van der Waals surface area contributed by atoms with Gasteiger partial charge in [0.25, 0.3) is 0 Å². The predicted octanol–water partition coefficient (Wildman–Crippen LogP) is 1.41. The Morgan fingerprint density at radius 3 is 2.48 bits per heavy atom. The van der Waals surface area contributed by atoms with Crippen LogP contribution in [0, 0.1) is 6.92 Å². The van der Waals surface area contributed by atoms with Gasteiger partial charge in [0.2, 0.25) is 5.89 Å². The largest absolute Gasteiger partial charge is 0.369 e. The minimum Gasteiger partial charge on any atom is -0.369 e. The Morgan fingerprint density at radius 1 is 1.19 bits per heavy atom. The smallest absolute Gasteiger partial charge is 0.228 e. The molecule has 0 amide bonds. The van der Waals surface area contributed by atoms with Crippen molar-refractivity contribution in [2.24, 2.45) is 5.84 Å². The topological polar surface area (TPSA) is 115 Å². The van der Waals surface area contributed by atoms with Crippen molar-refractivity contribution in [3.63, 3.8) is 0 Å². The van der Waals surface area contributed by atoms with Crippen LogP contribution in [0.25, 0.3) is 0 Å². The summed E-state index contributed by atoms with van der Waals surface area (Å²) < 4.78 is 5.06. The van der Waals surface area contributed by atoms with Crippen LogP contribution in [-0.4, -0.2) is 26.7 Å². The van der Waals surface area contributed by atoms with E-state index in [1.807, 2.05) is 20.8 Å². The minimum absolute atomic E-state index is 0.160. The maximum absolute atomic E-state index is 5.45. The molecular weight excluding hydrogens is 270 g/mol. The number of nitrogens with two attached hydrogens (primary N) is 1. The Morgan fingerprint density at radius 2 is 1.90 bits per heavy atom. The summed E-state index contributed by atoms with van der Waals surface area (Å²) in [7, 11) is 0. The van der Waals surface area contributed by atoms with Crippen molar-refractivity contribution in [3.8, 4) is 0 Å². The Hall–Kier alpha value is -2.22. The predicted molar refractivity (Wildman–Crippen MR) is 79.8 cm³/mol. The number of hydrazine groups is 1. The summed E-state index contributed by atoms with van der Waals surface area (Å²) in [4.78, 5) is 13.0. The van der Waals surface area contributed by atoms with Crippen molar-refractivity contribution in [1.29, 1.82) is 0 Å². The molecule has 2 rings (SSSR count). The van der Waals surface area contributed by atoms with Crippen molar-refractivity contribution in [2.75, 3.05) is 17.3 Å². The molecular formula is C13H21N7O. The van der Waals surface area contributed by atoms with E-state index in [9.17, 15) is 0 Å². The van der Waals surface area contributed by atoms with Gasteiger partial charge in [0, 0.05) is 24.4 Å². The highest BCUT2D eigenvalue weighted by Gasteiger charge is 2.19. The van der Waals surface area contributed by atoms with Crippen LogP contribution >= 0.6 is 0 Å². The summed E-state index contributed by atoms with van der Waals surface area (Å²) in [6, 6.07) is 1.76. The second-order valence-electron chi connectivity index (χ2n) is 5.77. The molecule has 0 radical (unpaired) electrons. The maximum atomic E-state index is 5.45. The zero-order valence-corrected chi connectivity index (χ0v) is 12.8. The third-order valence-electron chi connectivity index (χ3n) is 2.76. The molecule has 0 saturated carbocycles. The molecule has 0 bridgehead atoms. The number of anilines is 2. The van der Waals surface area contributed by atoms with Crippen LogP contribution < -0.4 is 16.6 Å². The lowest BCUT2D eigenvalue weighted by Crippen LogP contribution is -2.20. The summed E-state index contributed by atoms with van der Waals surface area (Å²) in [5.41, 5.74) is 2.40. The fourth-order valence-electron chi connectivity index (χ4n) is 1.69. The first kappa shape index (κ1) is 15.2. The molecule has 0 aliphatic carbocycles. The van der Waals surface area contributed by atoms with E-state index in [0.29, 0.717) is 42.1 Å². The zero-order valence-electron chi connectivity index (χ0n) is 12.8. The molecule has 2 aromatic heterocycles. The Labute approximate surface area is 123 Å². The summed E-state index contributed by atoms with van der Waals surface area (Å²) >= 11 is 0. The number of aryl methyl sites for hydroxylation is 1. The highest BCUT2D eigenvalue weighted by atomic mass is 16.5. The molecule has 114 valence electrons. The molecule has 0 fully saturated rings. The van der Waals surface area contributed by atoms with Crippen molar-refractivity contribution in [3.05, 3.63) is 23.6 Å². The fourth-order valence-corrected chi connectivity index (χ4v) is 1.69. The number of nitrogen functional groups attached to an aromatic ring is 1. The van der Waals surface area contributed by atoms with E-state index in [2.05, 4.69) is 30.9 Å². The van der Waals surface area contributed by atoms with Crippen LogP contribution in [0.2, 0.25) is 0 Å². The Kier molecular flexibility index (Phi) is 4.37. The lowest BCUT2D eigenvalue weighted by Gasteiger charge is -2.18. The lowest BCUT2D eigenvalue weighted by atomic mass is 9.96. The normalized spacial score (nSPS) is 11.5. The third-order valence-corrected chi connectivity index (χ3v) is 2.76. The molecule has 2 heterocycles. The monoisotopic (exact) mass is 291 g/mol. The molecule has 0 aliphatic rings. The van der Waals surface area contributed by atoms with E-state index >= 15 is 0 Å². The van der Waals surface area contributed by atoms with Crippen molar-refractivity contribution in [2.45, 2.75) is 39.5 Å².